The van der Waals surface area contributed by atoms with E-state index in [1.165, 1.54) is 18.2 Å². The van der Waals surface area contributed by atoms with Crippen LogP contribution < -0.4 is 15.4 Å². The minimum Gasteiger partial charge on any atom is -0.406 e. The fourth-order valence-electron chi connectivity index (χ4n) is 2.75. The lowest BCUT2D eigenvalue weighted by molar-refractivity contribution is -0.274. The third kappa shape index (κ3) is 4.94. The quantitative estimate of drug-likeness (QED) is 0.407. The van der Waals surface area contributed by atoms with Gasteiger partial charge in [-0.05, 0) is 35.7 Å². The van der Waals surface area contributed by atoms with Crippen molar-refractivity contribution in [3.8, 4) is 5.75 Å². The number of aromatic nitrogens is 2. The van der Waals surface area contributed by atoms with Crippen LogP contribution in [-0.2, 0) is 6.54 Å². The predicted molar refractivity (Wildman–Crippen MR) is 108 cm³/mol. The van der Waals surface area contributed by atoms with E-state index in [0.717, 1.165) is 10.3 Å². The van der Waals surface area contributed by atoms with Crippen molar-refractivity contribution in [2.24, 2.45) is 0 Å². The van der Waals surface area contributed by atoms with Gasteiger partial charge in [-0.1, -0.05) is 24.3 Å². The Hall–Kier alpha value is -3.33. The minimum absolute atomic E-state index is 0.265. The fourth-order valence-corrected chi connectivity index (χ4v) is 3.40. The molecule has 0 bridgehead atoms. The van der Waals surface area contributed by atoms with Crippen molar-refractivity contribution in [3.63, 3.8) is 0 Å². The maximum atomic E-state index is 12.5. The average Bonchev–Trinajstić information content (AvgIpc) is 3.18. The zero-order valence-electron chi connectivity index (χ0n) is 14.9. The van der Waals surface area contributed by atoms with Gasteiger partial charge < -0.3 is 15.4 Å². The lowest BCUT2D eigenvalue weighted by atomic mass is 10.2. The van der Waals surface area contributed by atoms with Crippen LogP contribution >= 0.6 is 11.3 Å². The number of hydrogen-bond donors (Lipinski definition) is 2. The van der Waals surface area contributed by atoms with E-state index in [-0.39, 0.29) is 11.7 Å². The number of anilines is 3. The Morgan fingerprint density at radius 1 is 0.966 bits per heavy atom. The predicted octanol–water partition coefficient (Wildman–Crippen LogP) is 5.95. The Labute approximate surface area is 168 Å². The average molecular weight is 416 g/mol. The van der Waals surface area contributed by atoms with E-state index >= 15 is 0 Å². The molecule has 0 saturated carbocycles. The van der Waals surface area contributed by atoms with Crippen LogP contribution in [-0.4, -0.2) is 16.3 Å². The normalized spacial score (nSPS) is 11.4. The molecule has 0 aliphatic heterocycles. The summed E-state index contributed by atoms with van der Waals surface area (Å²) < 4.78 is 41.3. The van der Waals surface area contributed by atoms with Gasteiger partial charge in [0, 0.05) is 22.0 Å². The smallest absolute Gasteiger partial charge is 0.406 e. The molecule has 2 N–H and O–H groups in total. The van der Waals surface area contributed by atoms with Crippen LogP contribution in [0.5, 0.6) is 5.75 Å². The van der Waals surface area contributed by atoms with Crippen LogP contribution in [0.15, 0.2) is 66.0 Å². The zero-order chi connectivity index (χ0) is 20.3. The minimum atomic E-state index is -4.75. The van der Waals surface area contributed by atoms with Crippen LogP contribution in [0.25, 0.3) is 10.9 Å². The molecule has 0 saturated heterocycles. The van der Waals surface area contributed by atoms with Crippen molar-refractivity contribution in [2.75, 3.05) is 10.6 Å². The van der Waals surface area contributed by atoms with Crippen molar-refractivity contribution in [1.29, 1.82) is 0 Å². The SMILES string of the molecule is FC(F)(F)Oc1cccc(Nc2nc(NCc3cccs3)c3ccccc3n2)c1. The van der Waals surface area contributed by atoms with Crippen LogP contribution in [0.4, 0.5) is 30.6 Å². The number of para-hydroxylation sites is 1. The van der Waals surface area contributed by atoms with Crippen molar-refractivity contribution >= 4 is 39.7 Å². The molecule has 5 nitrogen and oxygen atoms in total. The summed E-state index contributed by atoms with van der Waals surface area (Å²) in [5, 5.41) is 9.10. The standard InChI is InChI=1S/C20H15F3N4OS/c21-20(22,23)28-14-6-3-5-13(11-14)25-19-26-17-9-2-1-8-16(17)18(27-19)24-12-15-7-4-10-29-15/h1-11H,12H2,(H2,24,25,26,27). The first kappa shape index (κ1) is 19.0. The number of alkyl halides is 3. The monoisotopic (exact) mass is 416 g/mol. The summed E-state index contributed by atoms with van der Waals surface area (Å²) in [6.45, 7) is 0.604. The number of nitrogens with zero attached hydrogens (tertiary/aromatic N) is 2. The Bertz CT molecular complexity index is 1120. The zero-order valence-corrected chi connectivity index (χ0v) is 15.7. The maximum Gasteiger partial charge on any atom is 0.573 e. The summed E-state index contributed by atoms with van der Waals surface area (Å²) in [5.74, 6) is 0.579. The number of benzene rings is 2. The molecule has 2 heterocycles. The Kier molecular flexibility index (Phi) is 5.22. The second-order valence-electron chi connectivity index (χ2n) is 6.05. The van der Waals surface area contributed by atoms with Gasteiger partial charge in [0.05, 0.1) is 12.1 Å². The van der Waals surface area contributed by atoms with Gasteiger partial charge in [0.2, 0.25) is 5.95 Å². The lowest BCUT2D eigenvalue weighted by Crippen LogP contribution is -2.17. The fraction of sp³-hybridized carbons (Fsp3) is 0.100. The molecule has 9 heteroatoms. The Balaban J connectivity index is 1.61. The van der Waals surface area contributed by atoms with Gasteiger partial charge in [-0.25, -0.2) is 4.98 Å². The number of hydrogen-bond acceptors (Lipinski definition) is 6. The number of thiophene rings is 1. The molecule has 0 unspecified atom stereocenters. The lowest BCUT2D eigenvalue weighted by Gasteiger charge is -2.13. The van der Waals surface area contributed by atoms with E-state index in [9.17, 15) is 13.2 Å². The Morgan fingerprint density at radius 2 is 1.83 bits per heavy atom. The number of halogens is 3. The van der Waals surface area contributed by atoms with Crippen molar-refractivity contribution in [1.82, 2.24) is 9.97 Å². The second kappa shape index (κ2) is 7.96. The van der Waals surface area contributed by atoms with Crippen molar-refractivity contribution in [2.45, 2.75) is 12.9 Å². The van der Waals surface area contributed by atoms with Crippen LogP contribution in [0.2, 0.25) is 0 Å². The number of nitrogens with one attached hydrogen (secondary N) is 2. The van der Waals surface area contributed by atoms with Crippen LogP contribution in [0.3, 0.4) is 0 Å². The van der Waals surface area contributed by atoms with E-state index in [2.05, 4.69) is 25.3 Å². The highest BCUT2D eigenvalue weighted by Crippen LogP contribution is 2.28. The topological polar surface area (TPSA) is 59.1 Å². The molecule has 29 heavy (non-hydrogen) atoms. The molecule has 0 spiro atoms. The summed E-state index contributed by atoms with van der Waals surface area (Å²) in [6, 6.07) is 17.1. The van der Waals surface area contributed by atoms with Gasteiger partial charge in [0.25, 0.3) is 0 Å². The first-order valence-corrected chi connectivity index (χ1v) is 9.50. The molecular weight excluding hydrogens is 401 g/mol. The molecule has 0 radical (unpaired) electrons. The third-order valence-electron chi connectivity index (χ3n) is 3.94. The highest BCUT2D eigenvalue weighted by molar-refractivity contribution is 7.09. The van der Waals surface area contributed by atoms with Crippen molar-refractivity contribution in [3.05, 3.63) is 70.9 Å². The van der Waals surface area contributed by atoms with Gasteiger partial charge >= 0.3 is 6.36 Å². The molecule has 0 fully saturated rings. The molecule has 0 amide bonds. The highest BCUT2D eigenvalue weighted by Gasteiger charge is 2.31. The second-order valence-corrected chi connectivity index (χ2v) is 7.08. The van der Waals surface area contributed by atoms with E-state index in [1.807, 2.05) is 41.8 Å². The molecule has 0 aliphatic rings. The summed E-state index contributed by atoms with van der Waals surface area (Å²) in [7, 11) is 0. The molecular formula is C20H15F3N4OS. The molecule has 2 aromatic carbocycles. The van der Waals surface area contributed by atoms with Gasteiger partial charge in [0.15, 0.2) is 0 Å². The summed E-state index contributed by atoms with van der Waals surface area (Å²) in [4.78, 5) is 10.1. The molecule has 2 aromatic heterocycles. The molecule has 0 aliphatic carbocycles. The molecule has 4 aromatic rings. The van der Waals surface area contributed by atoms with Crippen LogP contribution in [0, 0.1) is 0 Å². The van der Waals surface area contributed by atoms with Gasteiger partial charge in [-0.15, -0.1) is 24.5 Å². The van der Waals surface area contributed by atoms with Crippen LogP contribution in [0.1, 0.15) is 4.88 Å². The van der Waals surface area contributed by atoms with E-state index in [4.69, 9.17) is 0 Å². The Morgan fingerprint density at radius 3 is 2.62 bits per heavy atom. The number of fused-ring (bicyclic) bond motifs is 1. The highest BCUT2D eigenvalue weighted by atomic mass is 32.1. The summed E-state index contributed by atoms with van der Waals surface area (Å²) in [6.07, 6.45) is -4.75. The first-order chi connectivity index (χ1) is 14.0. The number of rotatable bonds is 6. The summed E-state index contributed by atoms with van der Waals surface area (Å²) >= 11 is 1.63. The first-order valence-electron chi connectivity index (χ1n) is 8.62. The van der Waals surface area contributed by atoms with Crippen molar-refractivity contribution < 1.29 is 17.9 Å². The third-order valence-corrected chi connectivity index (χ3v) is 4.81. The molecule has 148 valence electrons. The molecule has 0 atom stereocenters. The van der Waals surface area contributed by atoms with Gasteiger partial charge in [-0.2, -0.15) is 4.98 Å². The van der Waals surface area contributed by atoms with E-state index < -0.39 is 6.36 Å². The number of ether oxygens (including phenoxy) is 1. The largest absolute Gasteiger partial charge is 0.573 e. The maximum absolute atomic E-state index is 12.5. The van der Waals surface area contributed by atoms with Gasteiger partial charge in [-0.3, -0.25) is 0 Å². The van der Waals surface area contributed by atoms with E-state index in [0.29, 0.717) is 23.6 Å². The van der Waals surface area contributed by atoms with Gasteiger partial charge in [0.1, 0.15) is 11.6 Å². The molecule has 4 rings (SSSR count). The summed E-state index contributed by atoms with van der Waals surface area (Å²) in [5.41, 5.74) is 1.09. The van der Waals surface area contributed by atoms with E-state index in [1.54, 1.807) is 17.4 Å².